The monoisotopic (exact) mass is 369 g/mol. The Morgan fingerprint density at radius 3 is 2.52 bits per heavy atom. The highest BCUT2D eigenvalue weighted by atomic mass is 16.2. The molecule has 1 saturated heterocycles. The van der Waals surface area contributed by atoms with Crippen molar-refractivity contribution in [2.75, 3.05) is 18.4 Å². The number of para-hydroxylation sites is 1. The summed E-state index contributed by atoms with van der Waals surface area (Å²) in [7, 11) is 0. The zero-order valence-electron chi connectivity index (χ0n) is 15.9. The topological polar surface area (TPSA) is 90.1 Å². The van der Waals surface area contributed by atoms with Crippen LogP contribution in [0.3, 0.4) is 0 Å². The first-order chi connectivity index (χ1) is 13.0. The van der Waals surface area contributed by atoms with E-state index in [-0.39, 0.29) is 18.0 Å². The van der Waals surface area contributed by atoms with E-state index in [1.165, 1.54) is 0 Å². The van der Waals surface area contributed by atoms with Crippen molar-refractivity contribution in [1.29, 1.82) is 0 Å². The Balaban J connectivity index is 1.39. The maximum absolute atomic E-state index is 12.3. The number of nitrogens with zero attached hydrogens (tertiary/aromatic N) is 2. The minimum Gasteiger partial charge on any atom is -0.353 e. The fourth-order valence-corrected chi connectivity index (χ4v) is 3.26. The molecule has 1 fully saturated rings. The first-order valence-electron chi connectivity index (χ1n) is 9.43. The number of likely N-dealkylation sites (tertiary alicyclic amines) is 1. The standard InChI is InChI=1S/C20H27N5O2/c1-14-15(2)23-24-18(14)8-9-19(26)21-17-10-12-25(13-11-17)20(27)22-16-6-4-3-5-7-16/h3-7,17H,8-13H2,1-2H3,(H,21,26)(H,22,27)(H,23,24). The molecule has 0 aliphatic carbocycles. The fraction of sp³-hybridized carbons (Fsp3) is 0.450. The average Bonchev–Trinajstić information content (AvgIpc) is 3.00. The first kappa shape index (κ1) is 18.9. The van der Waals surface area contributed by atoms with Crippen molar-refractivity contribution >= 4 is 17.6 Å². The fourth-order valence-electron chi connectivity index (χ4n) is 3.26. The molecule has 144 valence electrons. The molecule has 7 heteroatoms. The number of hydrogen-bond acceptors (Lipinski definition) is 3. The van der Waals surface area contributed by atoms with Crippen LogP contribution in [-0.4, -0.2) is 46.2 Å². The molecule has 1 aliphatic heterocycles. The van der Waals surface area contributed by atoms with Gasteiger partial charge in [-0.05, 0) is 44.4 Å². The van der Waals surface area contributed by atoms with Gasteiger partial charge in [0.2, 0.25) is 5.91 Å². The number of hydrogen-bond donors (Lipinski definition) is 3. The van der Waals surface area contributed by atoms with Gasteiger partial charge >= 0.3 is 6.03 Å². The Kier molecular flexibility index (Phi) is 6.11. The Morgan fingerprint density at radius 1 is 1.19 bits per heavy atom. The summed E-state index contributed by atoms with van der Waals surface area (Å²) in [6, 6.07) is 9.47. The smallest absolute Gasteiger partial charge is 0.321 e. The first-order valence-corrected chi connectivity index (χ1v) is 9.43. The Morgan fingerprint density at radius 2 is 1.89 bits per heavy atom. The molecule has 2 heterocycles. The van der Waals surface area contributed by atoms with Crippen molar-refractivity contribution in [3.05, 3.63) is 47.3 Å². The maximum atomic E-state index is 12.3. The number of aryl methyl sites for hydroxylation is 2. The van der Waals surface area contributed by atoms with Crippen LogP contribution in [0.25, 0.3) is 0 Å². The second-order valence-corrected chi connectivity index (χ2v) is 7.05. The molecule has 3 rings (SSSR count). The van der Waals surface area contributed by atoms with Gasteiger partial charge in [-0.25, -0.2) is 4.79 Å². The van der Waals surface area contributed by atoms with Crippen LogP contribution in [0.1, 0.15) is 36.2 Å². The number of H-pyrrole nitrogens is 1. The van der Waals surface area contributed by atoms with Crippen LogP contribution >= 0.6 is 0 Å². The molecule has 0 bridgehead atoms. The molecule has 7 nitrogen and oxygen atoms in total. The van der Waals surface area contributed by atoms with Gasteiger partial charge < -0.3 is 15.5 Å². The van der Waals surface area contributed by atoms with Crippen molar-refractivity contribution in [3.63, 3.8) is 0 Å². The largest absolute Gasteiger partial charge is 0.353 e. The molecule has 3 amide bonds. The summed E-state index contributed by atoms with van der Waals surface area (Å²) >= 11 is 0. The summed E-state index contributed by atoms with van der Waals surface area (Å²) in [6.45, 7) is 5.28. The van der Waals surface area contributed by atoms with E-state index in [1.807, 2.05) is 44.2 Å². The number of rotatable bonds is 5. The minimum atomic E-state index is -0.0876. The van der Waals surface area contributed by atoms with Crippen molar-refractivity contribution in [1.82, 2.24) is 20.4 Å². The molecule has 3 N–H and O–H groups in total. The lowest BCUT2D eigenvalue weighted by atomic mass is 10.0. The van der Waals surface area contributed by atoms with Crippen LogP contribution in [0, 0.1) is 13.8 Å². The van der Waals surface area contributed by atoms with E-state index in [9.17, 15) is 9.59 Å². The lowest BCUT2D eigenvalue weighted by molar-refractivity contribution is -0.122. The van der Waals surface area contributed by atoms with E-state index in [2.05, 4.69) is 20.8 Å². The van der Waals surface area contributed by atoms with Crippen LogP contribution < -0.4 is 10.6 Å². The number of amides is 3. The number of urea groups is 1. The predicted molar refractivity (Wildman–Crippen MR) is 105 cm³/mol. The van der Waals surface area contributed by atoms with Gasteiger partial charge in [0.25, 0.3) is 0 Å². The van der Waals surface area contributed by atoms with Gasteiger partial charge in [0.15, 0.2) is 0 Å². The summed E-state index contributed by atoms with van der Waals surface area (Å²) in [5.41, 5.74) is 3.92. The molecule has 27 heavy (non-hydrogen) atoms. The Hall–Kier alpha value is -2.83. The summed E-state index contributed by atoms with van der Waals surface area (Å²) < 4.78 is 0. The molecule has 0 atom stereocenters. The van der Waals surface area contributed by atoms with E-state index < -0.39 is 0 Å². The molecule has 2 aromatic rings. The summed E-state index contributed by atoms with van der Waals surface area (Å²) in [5.74, 6) is 0.0437. The highest BCUT2D eigenvalue weighted by molar-refractivity contribution is 5.89. The summed E-state index contributed by atoms with van der Waals surface area (Å²) in [6.07, 6.45) is 2.61. The predicted octanol–water partition coefficient (Wildman–Crippen LogP) is 2.77. The van der Waals surface area contributed by atoms with Crippen LogP contribution in [0.2, 0.25) is 0 Å². The quantitative estimate of drug-likeness (QED) is 0.757. The van der Waals surface area contributed by atoms with Crippen molar-refractivity contribution in [2.45, 2.75) is 45.6 Å². The van der Waals surface area contributed by atoms with Crippen LogP contribution in [0.4, 0.5) is 10.5 Å². The van der Waals surface area contributed by atoms with Gasteiger partial charge in [0.05, 0.1) is 5.69 Å². The molecule has 1 aromatic carbocycles. The van der Waals surface area contributed by atoms with E-state index in [4.69, 9.17) is 0 Å². The van der Waals surface area contributed by atoms with Crippen molar-refractivity contribution < 1.29 is 9.59 Å². The molecule has 0 saturated carbocycles. The molecular weight excluding hydrogens is 342 g/mol. The lowest BCUT2D eigenvalue weighted by Gasteiger charge is -2.32. The number of aromatic nitrogens is 2. The van der Waals surface area contributed by atoms with Gasteiger partial charge in [0, 0.05) is 43.4 Å². The van der Waals surface area contributed by atoms with Crippen LogP contribution in [0.5, 0.6) is 0 Å². The van der Waals surface area contributed by atoms with Gasteiger partial charge in [0.1, 0.15) is 0 Å². The number of piperidine rings is 1. The number of aromatic amines is 1. The minimum absolute atomic E-state index is 0.0437. The number of carbonyl (C=O) groups is 2. The second kappa shape index (κ2) is 8.70. The van der Waals surface area contributed by atoms with Crippen molar-refractivity contribution in [2.24, 2.45) is 0 Å². The van der Waals surface area contributed by atoms with Gasteiger partial charge in [-0.3, -0.25) is 9.89 Å². The lowest BCUT2D eigenvalue weighted by Crippen LogP contribution is -2.47. The summed E-state index contributed by atoms with van der Waals surface area (Å²) in [4.78, 5) is 26.3. The van der Waals surface area contributed by atoms with Gasteiger partial charge in [-0.2, -0.15) is 5.10 Å². The highest BCUT2D eigenvalue weighted by Crippen LogP contribution is 2.14. The zero-order valence-corrected chi connectivity index (χ0v) is 15.9. The van der Waals surface area contributed by atoms with Gasteiger partial charge in [-0.1, -0.05) is 18.2 Å². The molecule has 1 aromatic heterocycles. The molecule has 0 spiro atoms. The molecular formula is C20H27N5O2. The molecule has 1 aliphatic rings. The van der Waals surface area contributed by atoms with Crippen LogP contribution in [-0.2, 0) is 11.2 Å². The Labute approximate surface area is 159 Å². The second-order valence-electron chi connectivity index (χ2n) is 7.05. The Bertz CT molecular complexity index is 779. The van der Waals surface area contributed by atoms with E-state index >= 15 is 0 Å². The highest BCUT2D eigenvalue weighted by Gasteiger charge is 2.24. The van der Waals surface area contributed by atoms with E-state index in [0.29, 0.717) is 25.9 Å². The number of benzene rings is 1. The number of anilines is 1. The molecule has 0 radical (unpaired) electrons. The summed E-state index contributed by atoms with van der Waals surface area (Å²) in [5, 5.41) is 13.2. The van der Waals surface area contributed by atoms with Crippen LogP contribution in [0.15, 0.2) is 30.3 Å². The third-order valence-electron chi connectivity index (χ3n) is 5.12. The van der Waals surface area contributed by atoms with Gasteiger partial charge in [-0.15, -0.1) is 0 Å². The maximum Gasteiger partial charge on any atom is 0.321 e. The normalized spacial score (nSPS) is 14.8. The number of nitrogens with one attached hydrogen (secondary N) is 3. The third kappa shape index (κ3) is 5.09. The number of carbonyl (C=O) groups excluding carboxylic acids is 2. The van der Waals surface area contributed by atoms with E-state index in [1.54, 1.807) is 4.90 Å². The third-order valence-corrected chi connectivity index (χ3v) is 5.12. The SMILES string of the molecule is Cc1[nH]nc(CCC(=O)NC2CCN(C(=O)Nc3ccccc3)CC2)c1C. The van der Waals surface area contributed by atoms with E-state index in [0.717, 1.165) is 35.5 Å². The molecule has 0 unspecified atom stereocenters. The average molecular weight is 369 g/mol. The zero-order chi connectivity index (χ0) is 19.2. The van der Waals surface area contributed by atoms with Crippen molar-refractivity contribution in [3.8, 4) is 0 Å².